The quantitative estimate of drug-likeness (QED) is 0.504. The fraction of sp³-hybridized carbons (Fsp3) is 0. The molecule has 0 aromatic heterocycles. The summed E-state index contributed by atoms with van der Waals surface area (Å²) < 4.78 is 0. The molecule has 0 atom stereocenters. The maximum Gasteiger partial charge on any atom is 0 e. The van der Waals surface area contributed by atoms with Crippen LogP contribution in [0.15, 0.2) is 0 Å². The minimum Gasteiger partial charge on any atom is 0 e. The van der Waals surface area contributed by atoms with E-state index in [1.807, 2.05) is 0 Å². The number of hydrogen-bond acceptors (Lipinski definition) is 1. The van der Waals surface area contributed by atoms with Crippen molar-refractivity contribution in [1.82, 2.24) is 0 Å². The summed E-state index contributed by atoms with van der Waals surface area (Å²) in [6.45, 7) is 0. The van der Waals surface area contributed by atoms with Gasteiger partial charge in [-0.25, -0.2) is 0 Å². The van der Waals surface area contributed by atoms with E-state index in [-0.39, 0.29) is 59.5 Å². The Balaban J connectivity index is -0.00000000500. The average Bonchev–Trinajstić information content (AvgIpc) is 1.00. The Kier molecular flexibility index (Phi) is 66.7. The van der Waals surface area contributed by atoms with Gasteiger partial charge in [0.2, 0.25) is 0 Å². The van der Waals surface area contributed by atoms with Crippen molar-refractivity contribution in [3.63, 3.8) is 0 Å². The van der Waals surface area contributed by atoms with Gasteiger partial charge in [0.15, 0.2) is 0 Å². The fourth-order valence-electron chi connectivity index (χ4n) is 0. The summed E-state index contributed by atoms with van der Waals surface area (Å²) in [5, 5.41) is 0. The van der Waals surface area contributed by atoms with Gasteiger partial charge in [-0.2, -0.15) is 0 Å². The van der Waals surface area contributed by atoms with Gasteiger partial charge in [-0.3, -0.25) is 0 Å². The summed E-state index contributed by atoms with van der Waals surface area (Å²) in [4.78, 5) is 0. The average molecular weight is 218 g/mol. The van der Waals surface area contributed by atoms with Gasteiger partial charge in [-0.05, 0) is 0 Å². The molecule has 0 N–H and O–H groups in total. The Morgan fingerprint density at radius 3 is 1.25 bits per heavy atom. The van der Waals surface area contributed by atoms with E-state index in [4.69, 9.17) is 0 Å². The molecule has 0 spiro atoms. The molecule has 0 bridgehead atoms. The zero-order valence-electron chi connectivity index (χ0n) is 1.32. The molecular weight excluding hydrogens is 216 g/mol. The van der Waals surface area contributed by atoms with Gasteiger partial charge in [-0.15, -0.1) is 0 Å². The van der Waals surface area contributed by atoms with Crippen LogP contribution in [0.5, 0.6) is 0 Å². The van der Waals surface area contributed by atoms with Crippen LogP contribution in [0.2, 0.25) is 0 Å². The summed E-state index contributed by atoms with van der Waals surface area (Å²) in [6, 6.07) is 0. The molecule has 0 saturated carbocycles. The van der Waals surface area contributed by atoms with Gasteiger partial charge in [0, 0.05) is 21.7 Å². The Morgan fingerprint density at radius 1 is 1.25 bits per heavy atom. The third kappa shape index (κ3) is 8.86. The zero-order valence-corrected chi connectivity index (χ0v) is 5.70. The number of rotatable bonds is 0. The molecule has 4 heteroatoms. The van der Waals surface area contributed by atoms with Crippen LogP contribution >= 0.6 is 9.82 Å². The first-order chi connectivity index (χ1) is 1.00. The Labute approximate surface area is 85.3 Å². The smallest absolute Gasteiger partial charge is 0 e. The second kappa shape index (κ2) is 16.9. The van der Waals surface area contributed by atoms with Gasteiger partial charge in [0.25, 0.3) is 0 Å². The normalized spacial score (nSPS) is 1.00. The van der Waals surface area contributed by atoms with Crippen molar-refractivity contribution in [3.8, 4) is 0 Å². The van der Waals surface area contributed by atoms with Crippen molar-refractivity contribution in [2.75, 3.05) is 0 Å². The fourth-order valence-corrected chi connectivity index (χ4v) is 0. The van der Waals surface area contributed by atoms with E-state index in [1.165, 1.54) is 18.0 Å². The van der Waals surface area contributed by atoms with Crippen LogP contribution in [0, 0.1) is 0 Å². The molecule has 20 valence electrons. The second-order valence-corrected chi connectivity index (χ2v) is 0. The predicted octanol–water partition coefficient (Wildman–Crippen LogP) is -0.273. The molecule has 0 nitrogen and oxygen atoms in total. The van der Waals surface area contributed by atoms with E-state index in [0.29, 0.717) is 0 Å². The van der Waals surface area contributed by atoms with Crippen molar-refractivity contribution in [1.29, 1.82) is 0 Å². The van der Waals surface area contributed by atoms with Gasteiger partial charge >= 0.3 is 65.6 Å². The maximum absolute atomic E-state index is 4.09. The van der Waals surface area contributed by atoms with Crippen molar-refractivity contribution in [2.45, 2.75) is 0 Å². The first kappa shape index (κ1) is 15.8. The topological polar surface area (TPSA) is 0 Å². The van der Waals surface area contributed by atoms with Gasteiger partial charge in [0.05, 0.1) is 0 Å². The summed E-state index contributed by atoms with van der Waals surface area (Å²) >= 11 is 1.53. The SMILES string of the molecule is [CaH2].[S]=[Mo].[Ti]. The maximum atomic E-state index is 4.09. The monoisotopic (exact) mass is 220 g/mol. The Morgan fingerprint density at radius 2 is 1.25 bits per heavy atom. The van der Waals surface area contributed by atoms with E-state index < -0.39 is 0 Å². The molecule has 0 aliphatic carbocycles. The van der Waals surface area contributed by atoms with Crippen LogP contribution in [0.1, 0.15) is 0 Å². The largest absolute Gasteiger partial charge is 0 e. The Bertz CT molecular complexity index is 8.00. The predicted molar refractivity (Wildman–Crippen MR) is 16.1 cm³/mol. The molecule has 0 aromatic carbocycles. The van der Waals surface area contributed by atoms with Gasteiger partial charge < -0.3 is 0 Å². The van der Waals surface area contributed by atoms with E-state index in [9.17, 15) is 0 Å². The molecular formula is H2CaMoSTi. The molecule has 0 amide bonds. The summed E-state index contributed by atoms with van der Waals surface area (Å²) in [6.07, 6.45) is 0. The van der Waals surface area contributed by atoms with E-state index in [1.54, 1.807) is 0 Å². The van der Waals surface area contributed by atoms with Crippen LogP contribution < -0.4 is 0 Å². The molecule has 0 rings (SSSR count). The third-order valence-corrected chi connectivity index (χ3v) is 0. The standard InChI is InChI=1S/Ca.Mo.S.Ti.2H. The van der Waals surface area contributed by atoms with Crippen LogP contribution in [0.25, 0.3) is 0 Å². The van der Waals surface area contributed by atoms with Crippen LogP contribution in [-0.4, -0.2) is 37.7 Å². The van der Waals surface area contributed by atoms with Crippen LogP contribution in [0.3, 0.4) is 0 Å². The van der Waals surface area contributed by atoms with E-state index in [0.717, 1.165) is 0 Å². The second-order valence-electron chi connectivity index (χ2n) is 0. The molecule has 0 aliphatic heterocycles. The molecule has 0 aromatic rings. The van der Waals surface area contributed by atoms with Crippen molar-refractivity contribution in [2.24, 2.45) is 0 Å². The van der Waals surface area contributed by atoms with Gasteiger partial charge in [0.1, 0.15) is 0 Å². The molecule has 0 radical (unpaired) electrons. The molecule has 0 unspecified atom stereocenters. The first-order valence-corrected chi connectivity index (χ1v) is 2.96. The molecule has 0 fully saturated rings. The van der Waals surface area contributed by atoms with Crippen LogP contribution in [0.4, 0.5) is 0 Å². The van der Waals surface area contributed by atoms with Gasteiger partial charge in [-0.1, -0.05) is 0 Å². The molecule has 4 heavy (non-hydrogen) atoms. The minimum atomic E-state index is 0. The summed E-state index contributed by atoms with van der Waals surface area (Å²) in [7, 11) is 4.09. The minimum absolute atomic E-state index is 0. The summed E-state index contributed by atoms with van der Waals surface area (Å²) in [5.74, 6) is 0. The molecule has 0 aliphatic rings. The van der Waals surface area contributed by atoms with Crippen molar-refractivity contribution in [3.05, 3.63) is 0 Å². The molecule has 0 heterocycles. The van der Waals surface area contributed by atoms with Crippen molar-refractivity contribution >= 4 is 47.6 Å². The van der Waals surface area contributed by atoms with E-state index >= 15 is 0 Å². The third-order valence-electron chi connectivity index (χ3n) is 0. The van der Waals surface area contributed by atoms with E-state index in [2.05, 4.69) is 9.82 Å². The van der Waals surface area contributed by atoms with Crippen molar-refractivity contribution < 1.29 is 39.7 Å². The Hall–Kier alpha value is 2.88. The van der Waals surface area contributed by atoms with Crippen LogP contribution in [-0.2, 0) is 39.7 Å². The summed E-state index contributed by atoms with van der Waals surface area (Å²) in [5.41, 5.74) is 0. The first-order valence-electron chi connectivity index (χ1n) is 0.167. The molecule has 0 saturated heterocycles. The zero-order chi connectivity index (χ0) is 2.00. The number of hydrogen-bond donors (Lipinski definition) is 0.